The number of halogens is 1. The van der Waals surface area contributed by atoms with Crippen molar-refractivity contribution in [1.82, 2.24) is 4.98 Å². The fraction of sp³-hybridized carbons (Fsp3) is 0.160. The van der Waals surface area contributed by atoms with Crippen molar-refractivity contribution in [2.75, 3.05) is 5.32 Å². The summed E-state index contributed by atoms with van der Waals surface area (Å²) in [6, 6.07) is 23.3. The van der Waals surface area contributed by atoms with Gasteiger partial charge < -0.3 is 15.2 Å². The molecule has 0 bridgehead atoms. The van der Waals surface area contributed by atoms with Crippen LogP contribution in [0.2, 0.25) is 5.02 Å². The number of aliphatic hydroxyl groups excluding tert-OH is 1. The van der Waals surface area contributed by atoms with E-state index in [9.17, 15) is 5.11 Å². The van der Waals surface area contributed by atoms with E-state index < -0.39 is 0 Å². The summed E-state index contributed by atoms with van der Waals surface area (Å²) < 4.78 is 6.17. The summed E-state index contributed by atoms with van der Waals surface area (Å²) in [6.45, 7) is 2.18. The summed E-state index contributed by atoms with van der Waals surface area (Å²) in [5.41, 5.74) is 2.04. The molecule has 0 fully saturated rings. The molecule has 0 aliphatic carbocycles. The number of fused-ring (bicyclic) bond motifs is 1. The molecule has 4 aromatic rings. The van der Waals surface area contributed by atoms with Gasteiger partial charge in [-0.15, -0.1) is 0 Å². The molecule has 3 aromatic carbocycles. The highest BCUT2D eigenvalue weighted by molar-refractivity contribution is 6.30. The molecule has 152 valence electrons. The number of benzene rings is 3. The number of aromatic nitrogens is 1. The number of nitrogens with zero attached hydrogens (tertiary/aromatic N) is 1. The van der Waals surface area contributed by atoms with E-state index in [1.165, 1.54) is 0 Å². The van der Waals surface area contributed by atoms with Gasteiger partial charge in [-0.05, 0) is 59.3 Å². The number of hydrogen-bond acceptors (Lipinski definition) is 4. The Morgan fingerprint density at radius 1 is 1.00 bits per heavy atom. The van der Waals surface area contributed by atoms with Crippen LogP contribution in [0.3, 0.4) is 0 Å². The first-order chi connectivity index (χ1) is 14.7. The molecule has 1 atom stereocenters. The van der Waals surface area contributed by atoms with Crippen molar-refractivity contribution in [3.05, 3.63) is 95.1 Å². The summed E-state index contributed by atoms with van der Waals surface area (Å²) in [4.78, 5) is 4.62. The van der Waals surface area contributed by atoms with Gasteiger partial charge in [-0.1, -0.05) is 54.9 Å². The Hall–Kier alpha value is -3.08. The minimum Gasteiger partial charge on any atom is -0.457 e. The first-order valence-electron chi connectivity index (χ1n) is 9.95. The fourth-order valence-electron chi connectivity index (χ4n) is 3.46. The number of pyridine rings is 1. The van der Waals surface area contributed by atoms with Crippen LogP contribution in [0.15, 0.2) is 79.0 Å². The molecule has 0 spiro atoms. The van der Waals surface area contributed by atoms with Gasteiger partial charge in [-0.3, -0.25) is 0 Å². The monoisotopic (exact) mass is 418 g/mol. The topological polar surface area (TPSA) is 54.4 Å². The number of ether oxygens (including phenoxy) is 1. The van der Waals surface area contributed by atoms with Gasteiger partial charge in [0.15, 0.2) is 0 Å². The van der Waals surface area contributed by atoms with Crippen molar-refractivity contribution in [3.63, 3.8) is 0 Å². The van der Waals surface area contributed by atoms with Crippen molar-refractivity contribution in [1.29, 1.82) is 0 Å². The molecule has 2 N–H and O–H groups in total. The molecule has 0 saturated carbocycles. The van der Waals surface area contributed by atoms with Crippen molar-refractivity contribution in [2.45, 2.75) is 26.0 Å². The van der Waals surface area contributed by atoms with Crippen LogP contribution in [-0.2, 0) is 6.61 Å². The van der Waals surface area contributed by atoms with E-state index in [0.717, 1.165) is 39.9 Å². The van der Waals surface area contributed by atoms with Crippen LogP contribution in [0, 0.1) is 0 Å². The van der Waals surface area contributed by atoms with Gasteiger partial charge in [0.1, 0.15) is 17.3 Å². The second-order valence-electron chi connectivity index (χ2n) is 7.07. The summed E-state index contributed by atoms with van der Waals surface area (Å²) in [5.74, 6) is 2.22. The van der Waals surface area contributed by atoms with Crippen LogP contribution < -0.4 is 10.1 Å². The second kappa shape index (κ2) is 9.16. The maximum absolute atomic E-state index is 9.30. The molecule has 0 amide bonds. The highest BCUT2D eigenvalue weighted by Crippen LogP contribution is 2.36. The Morgan fingerprint density at radius 3 is 2.47 bits per heavy atom. The van der Waals surface area contributed by atoms with Crippen LogP contribution in [0.4, 0.5) is 5.82 Å². The average Bonchev–Trinajstić information content (AvgIpc) is 2.79. The molecule has 0 saturated heterocycles. The molecular formula is C25H23ClN2O2. The number of anilines is 1. The second-order valence-corrected chi connectivity index (χ2v) is 7.51. The van der Waals surface area contributed by atoms with E-state index in [-0.39, 0.29) is 12.6 Å². The Morgan fingerprint density at radius 2 is 1.77 bits per heavy atom. The Kier molecular flexibility index (Phi) is 6.17. The molecule has 5 heteroatoms. The molecule has 4 nitrogen and oxygen atoms in total. The summed E-state index contributed by atoms with van der Waals surface area (Å²) >= 11 is 6.00. The Labute approximate surface area is 181 Å². The minimum atomic E-state index is 0.0424. The van der Waals surface area contributed by atoms with Gasteiger partial charge in [-0.2, -0.15) is 0 Å². The summed E-state index contributed by atoms with van der Waals surface area (Å²) in [5, 5.41) is 15.5. The normalized spacial score (nSPS) is 12.0. The minimum absolute atomic E-state index is 0.0424. The number of nitrogens with one attached hydrogen (secondary N) is 1. The largest absolute Gasteiger partial charge is 0.457 e. The van der Waals surface area contributed by atoms with Crippen molar-refractivity contribution >= 4 is 28.2 Å². The Balaban J connectivity index is 1.69. The van der Waals surface area contributed by atoms with Gasteiger partial charge in [0, 0.05) is 11.2 Å². The zero-order valence-electron chi connectivity index (χ0n) is 16.7. The lowest BCUT2D eigenvalue weighted by Gasteiger charge is -2.20. The molecule has 30 heavy (non-hydrogen) atoms. The average molecular weight is 419 g/mol. The predicted octanol–water partition coefficient (Wildman–Crippen LogP) is 6.74. The van der Waals surface area contributed by atoms with Crippen molar-refractivity contribution in [2.24, 2.45) is 0 Å². The standard InChI is InChI=1S/C25H23ClN2O2/c1-2-22(18-8-6-17(16-29)7-9-18)28-25-24-19(14-15-27-25)4-3-5-23(24)30-21-12-10-20(26)11-13-21/h3-15,22,29H,2,16H2,1H3,(H,27,28). The summed E-state index contributed by atoms with van der Waals surface area (Å²) in [7, 11) is 0. The van der Waals surface area contributed by atoms with E-state index in [2.05, 4.69) is 17.2 Å². The Bertz CT molecular complexity index is 1120. The first kappa shape index (κ1) is 20.2. The molecule has 0 aliphatic heterocycles. The number of hydrogen-bond donors (Lipinski definition) is 2. The lowest BCUT2D eigenvalue weighted by Crippen LogP contribution is -2.11. The molecule has 1 aromatic heterocycles. The van der Waals surface area contributed by atoms with Crippen LogP contribution >= 0.6 is 11.6 Å². The maximum atomic E-state index is 9.30. The number of rotatable bonds is 7. The maximum Gasteiger partial charge on any atom is 0.138 e. The molecule has 1 heterocycles. The zero-order chi connectivity index (χ0) is 20.9. The lowest BCUT2D eigenvalue weighted by molar-refractivity contribution is 0.282. The lowest BCUT2D eigenvalue weighted by atomic mass is 10.0. The van der Waals surface area contributed by atoms with Crippen molar-refractivity contribution < 1.29 is 9.84 Å². The summed E-state index contributed by atoms with van der Waals surface area (Å²) in [6.07, 6.45) is 2.69. The van der Waals surface area contributed by atoms with E-state index in [4.69, 9.17) is 16.3 Å². The SMILES string of the molecule is CCC(Nc1nccc2cccc(Oc3ccc(Cl)cc3)c12)c1ccc(CO)cc1. The van der Waals surface area contributed by atoms with Gasteiger partial charge in [0.25, 0.3) is 0 Å². The fourth-order valence-corrected chi connectivity index (χ4v) is 3.59. The van der Waals surface area contributed by atoms with Gasteiger partial charge in [-0.25, -0.2) is 4.98 Å². The molecule has 1 unspecified atom stereocenters. The van der Waals surface area contributed by atoms with Gasteiger partial charge in [0.2, 0.25) is 0 Å². The van der Waals surface area contributed by atoms with Gasteiger partial charge in [0.05, 0.1) is 18.0 Å². The first-order valence-corrected chi connectivity index (χ1v) is 10.3. The van der Waals surface area contributed by atoms with Crippen molar-refractivity contribution in [3.8, 4) is 11.5 Å². The van der Waals surface area contributed by atoms with E-state index >= 15 is 0 Å². The van der Waals surface area contributed by atoms with Crippen LogP contribution in [-0.4, -0.2) is 10.1 Å². The van der Waals surface area contributed by atoms with Crippen LogP contribution in [0.5, 0.6) is 11.5 Å². The highest BCUT2D eigenvalue weighted by Gasteiger charge is 2.15. The number of aliphatic hydroxyl groups is 1. The third-order valence-corrected chi connectivity index (χ3v) is 5.33. The quantitative estimate of drug-likeness (QED) is 0.349. The van der Waals surface area contributed by atoms with Crippen LogP contribution in [0.25, 0.3) is 10.8 Å². The molecule has 4 rings (SSSR count). The van der Waals surface area contributed by atoms with Crippen LogP contribution in [0.1, 0.15) is 30.5 Å². The third kappa shape index (κ3) is 4.40. The molecule has 0 aliphatic rings. The van der Waals surface area contributed by atoms with E-state index in [1.54, 1.807) is 6.20 Å². The molecular weight excluding hydrogens is 396 g/mol. The van der Waals surface area contributed by atoms with E-state index in [0.29, 0.717) is 10.8 Å². The zero-order valence-corrected chi connectivity index (χ0v) is 17.4. The third-order valence-electron chi connectivity index (χ3n) is 5.08. The predicted molar refractivity (Wildman–Crippen MR) is 122 cm³/mol. The van der Waals surface area contributed by atoms with E-state index in [1.807, 2.05) is 72.8 Å². The smallest absolute Gasteiger partial charge is 0.138 e. The highest BCUT2D eigenvalue weighted by atomic mass is 35.5. The van der Waals surface area contributed by atoms with Gasteiger partial charge >= 0.3 is 0 Å². The molecule has 0 radical (unpaired) electrons.